The van der Waals surface area contributed by atoms with Crippen LogP contribution in [0.5, 0.6) is 0 Å². The fraction of sp³-hybridized carbons (Fsp3) is 0.773. The number of aliphatic hydroxyl groups is 2. The number of rotatable bonds is 1. The molecule has 3 aliphatic carbocycles. The van der Waals surface area contributed by atoms with Crippen LogP contribution in [0.2, 0.25) is 0 Å². The number of hydrogen-bond donors (Lipinski definition) is 2. The van der Waals surface area contributed by atoms with Gasteiger partial charge in [-0.05, 0) is 54.6 Å². The van der Waals surface area contributed by atoms with E-state index in [0.717, 1.165) is 36.8 Å². The molecule has 2 heterocycles. The van der Waals surface area contributed by atoms with Crippen molar-refractivity contribution in [2.45, 2.75) is 83.7 Å². The van der Waals surface area contributed by atoms with Crippen LogP contribution in [-0.2, 0) is 9.53 Å². The third-order valence-corrected chi connectivity index (χ3v) is 8.32. The molecule has 0 amide bonds. The molecule has 0 aromatic heterocycles. The second kappa shape index (κ2) is 4.53. The van der Waals surface area contributed by atoms with Crippen molar-refractivity contribution in [2.75, 3.05) is 0 Å². The van der Waals surface area contributed by atoms with Crippen LogP contribution in [0.4, 0.5) is 0 Å². The maximum atomic E-state index is 13.4. The van der Waals surface area contributed by atoms with Gasteiger partial charge in [0.1, 0.15) is 11.7 Å². The van der Waals surface area contributed by atoms with E-state index in [-0.39, 0.29) is 29.1 Å². The molecule has 26 heavy (non-hydrogen) atoms. The Morgan fingerprint density at radius 2 is 1.92 bits per heavy atom. The zero-order chi connectivity index (χ0) is 18.9. The highest BCUT2D eigenvalue weighted by atomic mass is 16.5. The predicted molar refractivity (Wildman–Crippen MR) is 97.4 cm³/mol. The lowest BCUT2D eigenvalue weighted by atomic mass is 9.58. The standard InChI is InChI=1S/C22H30O4/c1-11(2)12-9-13-14-10-15-19(3,4)7-6-8-21(15)18(24)22(21,26-14)16(13)20(5,25)17(12)23/h9,11,14-15,17,23,25H,6-8,10H2,1-5H3. The maximum Gasteiger partial charge on any atom is 0.180 e. The fourth-order valence-corrected chi connectivity index (χ4v) is 7.07. The van der Waals surface area contributed by atoms with E-state index >= 15 is 0 Å². The molecule has 2 saturated carbocycles. The minimum absolute atomic E-state index is 0.0986. The highest BCUT2D eigenvalue weighted by molar-refractivity contribution is 6.16. The first-order chi connectivity index (χ1) is 12.0. The van der Waals surface area contributed by atoms with E-state index in [1.54, 1.807) is 6.92 Å². The summed E-state index contributed by atoms with van der Waals surface area (Å²) in [6.45, 7) is 10.3. The van der Waals surface area contributed by atoms with Crippen LogP contribution in [0.1, 0.15) is 60.3 Å². The number of Topliss-reactive ketones (excluding diaryl/α,β-unsaturated/α-hetero) is 1. The van der Waals surface area contributed by atoms with Crippen LogP contribution in [0.25, 0.3) is 0 Å². The predicted octanol–water partition coefficient (Wildman–Crippen LogP) is 2.93. The van der Waals surface area contributed by atoms with Gasteiger partial charge in [-0.25, -0.2) is 0 Å². The second-order valence-electron chi connectivity index (χ2n) is 10.4. The number of ketones is 1. The molecule has 142 valence electrons. The lowest BCUT2D eigenvalue weighted by Gasteiger charge is -2.48. The van der Waals surface area contributed by atoms with Gasteiger partial charge < -0.3 is 14.9 Å². The van der Waals surface area contributed by atoms with Crippen molar-refractivity contribution in [3.8, 4) is 0 Å². The summed E-state index contributed by atoms with van der Waals surface area (Å²) in [6, 6.07) is 0. The smallest absolute Gasteiger partial charge is 0.180 e. The first kappa shape index (κ1) is 17.2. The molecule has 4 heteroatoms. The Hall–Kier alpha value is -0.970. The molecular formula is C22H30O4. The summed E-state index contributed by atoms with van der Waals surface area (Å²) in [6.07, 6.45) is 4.74. The Morgan fingerprint density at radius 1 is 1.23 bits per heavy atom. The van der Waals surface area contributed by atoms with Gasteiger partial charge in [0, 0.05) is 5.57 Å². The molecular weight excluding hydrogens is 328 g/mol. The molecule has 0 aromatic rings. The highest BCUT2D eigenvalue weighted by Gasteiger charge is 2.90. The molecule has 2 N–H and O–H groups in total. The van der Waals surface area contributed by atoms with Crippen LogP contribution >= 0.6 is 0 Å². The zero-order valence-electron chi connectivity index (χ0n) is 16.4. The van der Waals surface area contributed by atoms with Gasteiger partial charge in [0.25, 0.3) is 0 Å². The molecule has 2 bridgehead atoms. The van der Waals surface area contributed by atoms with Gasteiger partial charge in [0.05, 0.1) is 11.5 Å². The number of aliphatic hydroxyl groups excluding tert-OH is 1. The fourth-order valence-electron chi connectivity index (χ4n) is 7.07. The van der Waals surface area contributed by atoms with E-state index in [1.807, 2.05) is 19.9 Å². The number of carbonyl (C=O) groups is 1. The lowest BCUT2D eigenvalue weighted by molar-refractivity contribution is -0.121. The molecule has 2 aliphatic heterocycles. The van der Waals surface area contributed by atoms with Gasteiger partial charge in [-0.1, -0.05) is 40.2 Å². The molecule has 5 aliphatic rings. The third kappa shape index (κ3) is 1.55. The zero-order valence-corrected chi connectivity index (χ0v) is 16.4. The van der Waals surface area contributed by atoms with Gasteiger partial charge in [-0.2, -0.15) is 0 Å². The monoisotopic (exact) mass is 358 g/mol. The van der Waals surface area contributed by atoms with Crippen LogP contribution in [0, 0.1) is 22.7 Å². The molecule has 4 nitrogen and oxygen atoms in total. The normalized spacial score (nSPS) is 51.0. The molecule has 0 radical (unpaired) electrons. The van der Waals surface area contributed by atoms with E-state index in [9.17, 15) is 15.0 Å². The Balaban J connectivity index is 1.74. The Bertz CT molecular complexity index is 786. The average molecular weight is 358 g/mol. The summed E-state index contributed by atoms with van der Waals surface area (Å²) >= 11 is 0. The summed E-state index contributed by atoms with van der Waals surface area (Å²) in [7, 11) is 0. The van der Waals surface area contributed by atoms with Crippen molar-refractivity contribution in [2.24, 2.45) is 22.7 Å². The third-order valence-electron chi connectivity index (χ3n) is 8.32. The Labute approximate surface area is 155 Å². The van der Waals surface area contributed by atoms with Crippen molar-refractivity contribution in [3.63, 3.8) is 0 Å². The molecule has 1 saturated heterocycles. The summed E-state index contributed by atoms with van der Waals surface area (Å²) in [4.78, 5) is 13.4. The minimum Gasteiger partial charge on any atom is -0.385 e. The number of hydrogen-bond acceptors (Lipinski definition) is 4. The summed E-state index contributed by atoms with van der Waals surface area (Å²) in [5.41, 5.74) is -0.343. The lowest BCUT2D eigenvalue weighted by Crippen LogP contribution is -2.51. The van der Waals surface area contributed by atoms with Crippen LogP contribution in [-0.4, -0.2) is 39.4 Å². The van der Waals surface area contributed by atoms with Crippen LogP contribution < -0.4 is 0 Å². The first-order valence-electron chi connectivity index (χ1n) is 10.1. The van der Waals surface area contributed by atoms with E-state index in [0.29, 0.717) is 5.57 Å². The molecule has 6 atom stereocenters. The Kier molecular flexibility index (Phi) is 2.99. The van der Waals surface area contributed by atoms with Gasteiger partial charge in [0.15, 0.2) is 11.4 Å². The van der Waals surface area contributed by atoms with Gasteiger partial charge in [-0.3, -0.25) is 4.79 Å². The van der Waals surface area contributed by atoms with Crippen LogP contribution in [0.3, 0.4) is 0 Å². The molecule has 3 fully saturated rings. The minimum atomic E-state index is -1.45. The van der Waals surface area contributed by atoms with Crippen molar-refractivity contribution >= 4 is 5.78 Å². The molecule has 2 spiro atoms. The second-order valence-corrected chi connectivity index (χ2v) is 10.4. The summed E-state index contributed by atoms with van der Waals surface area (Å²) in [5.74, 6) is 0.569. The van der Waals surface area contributed by atoms with Gasteiger partial charge in [-0.15, -0.1) is 0 Å². The van der Waals surface area contributed by atoms with Crippen LogP contribution in [0.15, 0.2) is 22.8 Å². The number of fused-ring (bicyclic) bond motifs is 2. The maximum absolute atomic E-state index is 13.4. The molecule has 5 rings (SSSR count). The van der Waals surface area contributed by atoms with E-state index < -0.39 is 22.7 Å². The number of carbonyl (C=O) groups excluding carboxylic acids is 1. The average Bonchev–Trinajstić information content (AvgIpc) is 2.91. The van der Waals surface area contributed by atoms with Crippen molar-refractivity contribution < 1.29 is 19.7 Å². The quantitative estimate of drug-likeness (QED) is 0.756. The van der Waals surface area contributed by atoms with Crippen molar-refractivity contribution in [3.05, 3.63) is 22.8 Å². The van der Waals surface area contributed by atoms with E-state index in [2.05, 4.69) is 13.8 Å². The largest absolute Gasteiger partial charge is 0.385 e. The SMILES string of the molecule is CC(C)C1=CC2=C(C(C)(O)C1O)C13OC2CC2C(C)(C)CCCC21C3=O. The topological polar surface area (TPSA) is 66.8 Å². The van der Waals surface area contributed by atoms with E-state index in [4.69, 9.17) is 4.74 Å². The molecule has 0 aromatic carbocycles. The summed E-state index contributed by atoms with van der Waals surface area (Å²) < 4.78 is 6.44. The van der Waals surface area contributed by atoms with Gasteiger partial charge in [0.2, 0.25) is 0 Å². The Morgan fingerprint density at radius 3 is 2.58 bits per heavy atom. The van der Waals surface area contributed by atoms with Crippen molar-refractivity contribution in [1.82, 2.24) is 0 Å². The molecule has 6 unspecified atom stereocenters. The van der Waals surface area contributed by atoms with E-state index in [1.165, 1.54) is 0 Å². The number of ether oxygens (including phenoxy) is 1. The first-order valence-corrected chi connectivity index (χ1v) is 10.1. The summed E-state index contributed by atoms with van der Waals surface area (Å²) in [5, 5.41) is 22.4. The van der Waals surface area contributed by atoms with Gasteiger partial charge >= 0.3 is 0 Å². The van der Waals surface area contributed by atoms with Crippen molar-refractivity contribution in [1.29, 1.82) is 0 Å². The highest BCUT2D eigenvalue weighted by Crippen LogP contribution is 2.79.